The molecular formula is C18H34ClN3O. The van der Waals surface area contributed by atoms with Crippen LogP contribution in [0.2, 0.25) is 0 Å². The summed E-state index contributed by atoms with van der Waals surface area (Å²) in [5, 5.41) is 3.58. The summed E-state index contributed by atoms with van der Waals surface area (Å²) in [6.07, 6.45) is 11.4. The highest BCUT2D eigenvalue weighted by Crippen LogP contribution is 2.34. The predicted octanol–water partition coefficient (Wildman–Crippen LogP) is 2.81. The molecule has 0 bridgehead atoms. The number of carbonyl (C=O) groups is 1. The Balaban J connectivity index is 0.00000192. The number of nitrogens with zero attached hydrogens (tertiary/aromatic N) is 2. The van der Waals surface area contributed by atoms with Gasteiger partial charge in [0.05, 0.1) is 6.54 Å². The first-order chi connectivity index (χ1) is 10.7. The van der Waals surface area contributed by atoms with E-state index in [0.29, 0.717) is 18.5 Å². The number of hydrogen-bond acceptors (Lipinski definition) is 3. The van der Waals surface area contributed by atoms with E-state index < -0.39 is 0 Å². The van der Waals surface area contributed by atoms with E-state index in [9.17, 15) is 4.79 Å². The number of hydrogen-bond donors (Lipinski definition) is 1. The number of rotatable bonds is 3. The van der Waals surface area contributed by atoms with Crippen molar-refractivity contribution in [2.45, 2.75) is 76.3 Å². The van der Waals surface area contributed by atoms with E-state index in [1.54, 1.807) is 0 Å². The van der Waals surface area contributed by atoms with E-state index in [2.05, 4.69) is 22.0 Å². The Morgan fingerprint density at radius 1 is 1.13 bits per heavy atom. The van der Waals surface area contributed by atoms with Crippen LogP contribution < -0.4 is 5.32 Å². The van der Waals surface area contributed by atoms with E-state index in [-0.39, 0.29) is 17.9 Å². The molecule has 1 aliphatic carbocycles. The number of piperazine rings is 1. The summed E-state index contributed by atoms with van der Waals surface area (Å²) in [7, 11) is 0. The molecule has 4 nitrogen and oxygen atoms in total. The molecule has 134 valence electrons. The lowest BCUT2D eigenvalue weighted by Crippen LogP contribution is -2.64. The second kappa shape index (κ2) is 8.68. The molecule has 5 heteroatoms. The predicted molar refractivity (Wildman–Crippen MR) is 97.1 cm³/mol. The minimum absolute atomic E-state index is 0. The van der Waals surface area contributed by atoms with Gasteiger partial charge in [-0.3, -0.25) is 9.69 Å². The van der Waals surface area contributed by atoms with Crippen molar-refractivity contribution in [2.75, 3.05) is 32.7 Å². The second-order valence-corrected chi connectivity index (χ2v) is 7.53. The molecule has 3 fully saturated rings. The highest BCUT2D eigenvalue weighted by Gasteiger charge is 2.41. The molecule has 3 rings (SSSR count). The fourth-order valence-electron chi connectivity index (χ4n) is 4.84. The molecule has 1 atom stereocenters. The molecule has 2 aliphatic heterocycles. The summed E-state index contributed by atoms with van der Waals surface area (Å²) in [5.74, 6) is 0.387. The Labute approximate surface area is 147 Å². The Hall–Kier alpha value is -0.320. The topological polar surface area (TPSA) is 35.6 Å². The van der Waals surface area contributed by atoms with Gasteiger partial charge in [-0.25, -0.2) is 0 Å². The monoisotopic (exact) mass is 343 g/mol. The highest BCUT2D eigenvalue weighted by molar-refractivity contribution is 5.85. The van der Waals surface area contributed by atoms with Gasteiger partial charge in [-0.05, 0) is 38.5 Å². The van der Waals surface area contributed by atoms with E-state index in [1.165, 1.54) is 51.4 Å². The molecule has 1 saturated carbocycles. The van der Waals surface area contributed by atoms with Crippen LogP contribution in [0, 0.1) is 0 Å². The molecule has 3 aliphatic rings. The fourth-order valence-corrected chi connectivity index (χ4v) is 4.84. The van der Waals surface area contributed by atoms with Crippen LogP contribution >= 0.6 is 12.4 Å². The average Bonchev–Trinajstić information content (AvgIpc) is 2.58. The summed E-state index contributed by atoms with van der Waals surface area (Å²) >= 11 is 0. The molecule has 0 aromatic carbocycles. The van der Waals surface area contributed by atoms with E-state index in [4.69, 9.17) is 0 Å². The zero-order valence-corrected chi connectivity index (χ0v) is 15.5. The van der Waals surface area contributed by atoms with Gasteiger partial charge in [0, 0.05) is 37.8 Å². The maximum atomic E-state index is 12.9. The van der Waals surface area contributed by atoms with E-state index >= 15 is 0 Å². The highest BCUT2D eigenvalue weighted by atomic mass is 35.5. The van der Waals surface area contributed by atoms with Gasteiger partial charge in [0.2, 0.25) is 5.91 Å². The largest absolute Gasteiger partial charge is 0.339 e. The number of amides is 1. The van der Waals surface area contributed by atoms with Crippen molar-refractivity contribution in [3.63, 3.8) is 0 Å². The Kier molecular flexibility index (Phi) is 7.18. The van der Waals surface area contributed by atoms with Gasteiger partial charge in [0.25, 0.3) is 0 Å². The average molecular weight is 344 g/mol. The van der Waals surface area contributed by atoms with Gasteiger partial charge in [0.1, 0.15) is 0 Å². The third kappa shape index (κ3) is 4.21. The molecule has 2 heterocycles. The van der Waals surface area contributed by atoms with Gasteiger partial charge >= 0.3 is 0 Å². The molecule has 2 saturated heterocycles. The quantitative estimate of drug-likeness (QED) is 0.856. The lowest BCUT2D eigenvalue weighted by molar-refractivity contribution is -0.139. The standard InChI is InChI=1S/C18H33N3O.ClH/c1-2-16-8-4-7-12-21(16)17(22)14-20-13-11-19-15-18(20)9-5-3-6-10-18;/h16,19H,2-15H2,1H3;1H. The van der Waals surface area contributed by atoms with E-state index in [0.717, 1.165) is 32.6 Å². The van der Waals surface area contributed by atoms with Crippen molar-refractivity contribution >= 4 is 18.3 Å². The molecule has 0 radical (unpaired) electrons. The van der Waals surface area contributed by atoms with Crippen molar-refractivity contribution in [3.8, 4) is 0 Å². The third-order valence-electron chi connectivity index (χ3n) is 6.21. The first-order valence-corrected chi connectivity index (χ1v) is 9.50. The van der Waals surface area contributed by atoms with Crippen LogP contribution in [-0.2, 0) is 4.79 Å². The number of piperidine rings is 1. The minimum atomic E-state index is 0. The first kappa shape index (κ1) is 19.0. The number of halogens is 1. The molecule has 23 heavy (non-hydrogen) atoms. The first-order valence-electron chi connectivity index (χ1n) is 9.50. The third-order valence-corrected chi connectivity index (χ3v) is 6.21. The smallest absolute Gasteiger partial charge is 0.237 e. The summed E-state index contributed by atoms with van der Waals surface area (Å²) in [4.78, 5) is 17.7. The normalized spacial score (nSPS) is 28.4. The molecule has 0 aromatic heterocycles. The molecule has 1 amide bonds. The van der Waals surface area contributed by atoms with Crippen molar-refractivity contribution in [1.82, 2.24) is 15.1 Å². The van der Waals surface area contributed by atoms with Gasteiger partial charge < -0.3 is 10.2 Å². The lowest BCUT2D eigenvalue weighted by Gasteiger charge is -2.50. The number of nitrogens with one attached hydrogen (secondary N) is 1. The van der Waals surface area contributed by atoms with Crippen LogP contribution in [0.1, 0.15) is 64.7 Å². The van der Waals surface area contributed by atoms with Gasteiger partial charge in [-0.2, -0.15) is 0 Å². The zero-order chi connectivity index (χ0) is 15.4. The molecule has 1 spiro atoms. The maximum Gasteiger partial charge on any atom is 0.237 e. The van der Waals surface area contributed by atoms with Gasteiger partial charge in [-0.1, -0.05) is 26.2 Å². The van der Waals surface area contributed by atoms with Gasteiger partial charge in [0.15, 0.2) is 0 Å². The summed E-state index contributed by atoms with van der Waals surface area (Å²) < 4.78 is 0. The Morgan fingerprint density at radius 2 is 1.91 bits per heavy atom. The lowest BCUT2D eigenvalue weighted by atomic mass is 9.79. The zero-order valence-electron chi connectivity index (χ0n) is 14.7. The van der Waals surface area contributed by atoms with Crippen LogP contribution in [0.25, 0.3) is 0 Å². The Bertz CT molecular complexity index is 376. The number of likely N-dealkylation sites (tertiary alicyclic amines) is 1. The fraction of sp³-hybridized carbons (Fsp3) is 0.944. The second-order valence-electron chi connectivity index (χ2n) is 7.53. The van der Waals surface area contributed by atoms with Crippen LogP contribution in [0.3, 0.4) is 0 Å². The summed E-state index contributed by atoms with van der Waals surface area (Å²) in [6, 6.07) is 0.492. The van der Waals surface area contributed by atoms with Crippen LogP contribution in [0.15, 0.2) is 0 Å². The van der Waals surface area contributed by atoms with Crippen LogP contribution in [0.4, 0.5) is 0 Å². The van der Waals surface area contributed by atoms with Crippen LogP contribution in [-0.4, -0.2) is 60.0 Å². The SMILES string of the molecule is CCC1CCCCN1C(=O)CN1CCNCC12CCCCC2.Cl. The maximum absolute atomic E-state index is 12.9. The summed E-state index contributed by atoms with van der Waals surface area (Å²) in [6.45, 7) is 7.01. The van der Waals surface area contributed by atoms with Crippen molar-refractivity contribution in [2.24, 2.45) is 0 Å². The van der Waals surface area contributed by atoms with E-state index in [1.807, 2.05) is 0 Å². The molecule has 1 N–H and O–H groups in total. The minimum Gasteiger partial charge on any atom is -0.339 e. The Morgan fingerprint density at radius 3 is 2.65 bits per heavy atom. The van der Waals surface area contributed by atoms with Crippen LogP contribution in [0.5, 0.6) is 0 Å². The van der Waals surface area contributed by atoms with Crippen molar-refractivity contribution < 1.29 is 4.79 Å². The summed E-state index contributed by atoms with van der Waals surface area (Å²) in [5.41, 5.74) is 0.268. The molecular weight excluding hydrogens is 310 g/mol. The molecule has 0 aromatic rings. The number of carbonyl (C=O) groups excluding carboxylic acids is 1. The van der Waals surface area contributed by atoms with Crippen molar-refractivity contribution in [3.05, 3.63) is 0 Å². The van der Waals surface area contributed by atoms with Crippen molar-refractivity contribution in [1.29, 1.82) is 0 Å². The molecule has 1 unspecified atom stereocenters. The van der Waals surface area contributed by atoms with Gasteiger partial charge in [-0.15, -0.1) is 12.4 Å².